The first kappa shape index (κ1) is 11.2. The van der Waals surface area contributed by atoms with E-state index in [-0.39, 0.29) is 6.79 Å². The van der Waals surface area contributed by atoms with Crippen molar-refractivity contribution in [3.8, 4) is 11.5 Å². The average molecular weight is 225 g/mol. The minimum Gasteiger partial charge on any atom is -0.454 e. The van der Waals surface area contributed by atoms with Crippen molar-refractivity contribution < 1.29 is 24.4 Å². The third-order valence-corrected chi connectivity index (χ3v) is 2.33. The number of nitrogens with one attached hydrogen (secondary N) is 1. The van der Waals surface area contributed by atoms with Gasteiger partial charge >= 0.3 is 7.12 Å². The van der Waals surface area contributed by atoms with Crippen LogP contribution in [0.2, 0.25) is 0 Å². The molecule has 16 heavy (non-hydrogen) atoms. The number of hydrogen-bond donors (Lipinski definition) is 3. The van der Waals surface area contributed by atoms with Gasteiger partial charge in [0.1, 0.15) is 0 Å². The van der Waals surface area contributed by atoms with E-state index in [0.717, 1.165) is 0 Å². The lowest BCUT2D eigenvalue weighted by atomic mass is 9.76. The summed E-state index contributed by atoms with van der Waals surface area (Å²) in [5, 5.41) is 18.6. The Morgan fingerprint density at radius 1 is 1.44 bits per heavy atom. The molecule has 2 rings (SSSR count). The molecule has 1 aromatic rings. The topological polar surface area (TPSA) is 80.2 Å². The van der Waals surface area contributed by atoms with Gasteiger partial charge in [-0.15, -0.1) is 0 Å². The summed E-state index contributed by atoms with van der Waals surface area (Å²) in [7, 11) is -0.118. The molecule has 0 bridgehead atoms. The van der Waals surface area contributed by atoms with Gasteiger partial charge in [0.2, 0.25) is 6.79 Å². The van der Waals surface area contributed by atoms with Crippen molar-refractivity contribution in [3.63, 3.8) is 0 Å². The maximum absolute atomic E-state index is 9.32. The lowest BCUT2D eigenvalue weighted by molar-refractivity contribution is 0.0868. The molecular weight excluding hydrogens is 213 g/mol. The predicted molar refractivity (Wildman–Crippen MR) is 56.2 cm³/mol. The number of hydroxylamine groups is 1. The molecule has 0 aromatic heterocycles. The van der Waals surface area contributed by atoms with E-state index in [1.807, 2.05) is 0 Å². The molecule has 1 aromatic carbocycles. The van der Waals surface area contributed by atoms with Gasteiger partial charge < -0.3 is 24.4 Å². The molecule has 6 nitrogen and oxygen atoms in total. The van der Waals surface area contributed by atoms with E-state index in [1.54, 1.807) is 12.1 Å². The number of hydrogen-bond acceptors (Lipinski definition) is 6. The highest BCUT2D eigenvalue weighted by Crippen LogP contribution is 2.31. The Balaban J connectivity index is 2.37. The number of ether oxygens (including phenoxy) is 2. The Kier molecular flexibility index (Phi) is 3.30. The highest BCUT2D eigenvalue weighted by atomic mass is 16.7. The molecule has 0 saturated heterocycles. The van der Waals surface area contributed by atoms with Gasteiger partial charge in [-0.05, 0) is 11.6 Å². The molecule has 0 spiro atoms. The van der Waals surface area contributed by atoms with Crippen LogP contribution < -0.4 is 20.4 Å². The summed E-state index contributed by atoms with van der Waals surface area (Å²) in [5.74, 6) is 0.898. The summed E-state index contributed by atoms with van der Waals surface area (Å²) < 4.78 is 10.4. The van der Waals surface area contributed by atoms with Crippen LogP contribution in [0.25, 0.3) is 0 Å². The quantitative estimate of drug-likeness (QED) is 0.438. The van der Waals surface area contributed by atoms with Gasteiger partial charge in [-0.25, -0.2) is 0 Å². The Morgan fingerprint density at radius 2 is 2.25 bits per heavy atom. The summed E-state index contributed by atoms with van der Waals surface area (Å²) in [5.41, 5.74) is 3.62. The average Bonchev–Trinajstić information content (AvgIpc) is 2.72. The standard InChI is InChI=1S/C9H12BNO5/c1-14-11-4-6-2-3-7-9(16-5-15-7)8(6)10(12)13/h2-3,11-13H,4-5H2,1H3. The second-order valence-electron chi connectivity index (χ2n) is 3.27. The van der Waals surface area contributed by atoms with Gasteiger partial charge in [0.05, 0.1) is 7.11 Å². The summed E-state index contributed by atoms with van der Waals surface area (Å²) in [6.45, 7) is 0.441. The third-order valence-electron chi connectivity index (χ3n) is 2.33. The Morgan fingerprint density at radius 3 is 2.94 bits per heavy atom. The molecule has 7 heteroatoms. The SMILES string of the molecule is CONCc1ccc2c(c1B(O)O)OCO2. The van der Waals surface area contributed by atoms with Gasteiger partial charge in [0.25, 0.3) is 0 Å². The van der Waals surface area contributed by atoms with E-state index in [1.165, 1.54) is 7.11 Å². The number of benzene rings is 1. The van der Waals surface area contributed by atoms with Crippen LogP contribution in [0, 0.1) is 0 Å². The maximum Gasteiger partial charge on any atom is 0.492 e. The lowest BCUT2D eigenvalue weighted by Crippen LogP contribution is -2.35. The molecular formula is C9H12BNO5. The summed E-state index contributed by atoms with van der Waals surface area (Å²) in [4.78, 5) is 4.71. The Bertz CT molecular complexity index is 384. The second kappa shape index (κ2) is 4.71. The molecule has 1 aliphatic heterocycles. The van der Waals surface area contributed by atoms with E-state index >= 15 is 0 Å². The first-order valence-corrected chi connectivity index (χ1v) is 4.77. The van der Waals surface area contributed by atoms with Crippen LogP contribution >= 0.6 is 0 Å². The minimum absolute atomic E-state index is 0.0935. The molecule has 86 valence electrons. The van der Waals surface area contributed by atoms with Crippen LogP contribution in [0.3, 0.4) is 0 Å². The van der Waals surface area contributed by atoms with E-state index < -0.39 is 7.12 Å². The largest absolute Gasteiger partial charge is 0.492 e. The van der Waals surface area contributed by atoms with Crippen molar-refractivity contribution in [1.82, 2.24) is 5.48 Å². The van der Waals surface area contributed by atoms with Gasteiger partial charge in [0, 0.05) is 12.0 Å². The molecule has 1 aliphatic rings. The fourth-order valence-corrected chi connectivity index (χ4v) is 1.62. The highest BCUT2D eigenvalue weighted by Gasteiger charge is 2.27. The van der Waals surface area contributed by atoms with Crippen molar-refractivity contribution in [2.75, 3.05) is 13.9 Å². The fraction of sp³-hybridized carbons (Fsp3) is 0.333. The van der Waals surface area contributed by atoms with Crippen molar-refractivity contribution in [1.29, 1.82) is 0 Å². The third kappa shape index (κ3) is 1.98. The zero-order valence-electron chi connectivity index (χ0n) is 8.77. The molecule has 1 heterocycles. The van der Waals surface area contributed by atoms with Gasteiger partial charge in [-0.1, -0.05) is 6.07 Å². The molecule has 3 N–H and O–H groups in total. The van der Waals surface area contributed by atoms with E-state index in [4.69, 9.17) is 14.3 Å². The predicted octanol–water partition coefficient (Wildman–Crippen LogP) is -1.25. The molecule has 0 atom stereocenters. The van der Waals surface area contributed by atoms with Gasteiger partial charge in [0.15, 0.2) is 11.5 Å². The molecule has 0 radical (unpaired) electrons. The maximum atomic E-state index is 9.32. The van der Waals surface area contributed by atoms with Crippen LogP contribution in [0.4, 0.5) is 0 Å². The summed E-state index contributed by atoms with van der Waals surface area (Å²) >= 11 is 0. The Hall–Kier alpha value is -1.28. The van der Waals surface area contributed by atoms with Crippen LogP contribution in [0.1, 0.15) is 5.56 Å². The summed E-state index contributed by atoms with van der Waals surface area (Å²) in [6.07, 6.45) is 0. The minimum atomic E-state index is -1.61. The van der Waals surface area contributed by atoms with Gasteiger partial charge in [-0.3, -0.25) is 0 Å². The van der Waals surface area contributed by atoms with Crippen molar-refractivity contribution >= 4 is 12.6 Å². The lowest BCUT2D eigenvalue weighted by Gasteiger charge is -2.11. The highest BCUT2D eigenvalue weighted by molar-refractivity contribution is 6.60. The summed E-state index contributed by atoms with van der Waals surface area (Å²) in [6, 6.07) is 3.45. The molecule has 0 amide bonds. The first-order chi connectivity index (χ1) is 7.74. The van der Waals surface area contributed by atoms with Crippen LogP contribution in [0.5, 0.6) is 11.5 Å². The van der Waals surface area contributed by atoms with Crippen LogP contribution in [-0.4, -0.2) is 31.1 Å². The molecule has 0 aliphatic carbocycles. The molecule has 0 fully saturated rings. The van der Waals surface area contributed by atoms with E-state index in [9.17, 15) is 10.0 Å². The normalized spacial score (nSPS) is 12.9. The smallest absolute Gasteiger partial charge is 0.454 e. The molecule has 0 unspecified atom stereocenters. The number of fused-ring (bicyclic) bond motifs is 1. The Labute approximate surface area is 92.8 Å². The van der Waals surface area contributed by atoms with E-state index in [2.05, 4.69) is 5.48 Å². The monoisotopic (exact) mass is 225 g/mol. The van der Waals surface area contributed by atoms with Crippen LogP contribution in [0.15, 0.2) is 12.1 Å². The van der Waals surface area contributed by atoms with Crippen LogP contribution in [-0.2, 0) is 11.4 Å². The second-order valence-corrected chi connectivity index (χ2v) is 3.27. The number of rotatable bonds is 4. The first-order valence-electron chi connectivity index (χ1n) is 4.77. The van der Waals surface area contributed by atoms with Crippen molar-refractivity contribution in [3.05, 3.63) is 17.7 Å². The van der Waals surface area contributed by atoms with E-state index in [0.29, 0.717) is 29.1 Å². The molecule has 0 saturated carbocycles. The van der Waals surface area contributed by atoms with Crippen molar-refractivity contribution in [2.45, 2.75) is 6.54 Å². The zero-order chi connectivity index (χ0) is 11.5. The fourth-order valence-electron chi connectivity index (χ4n) is 1.62. The zero-order valence-corrected chi connectivity index (χ0v) is 8.77. The van der Waals surface area contributed by atoms with Crippen molar-refractivity contribution in [2.24, 2.45) is 0 Å². The van der Waals surface area contributed by atoms with Gasteiger partial charge in [-0.2, -0.15) is 5.48 Å².